The molecular formula is C10H12FN3O6. The fraction of sp³-hybridized carbons (Fsp3) is 0.500. The van der Waals surface area contributed by atoms with Crippen LogP contribution in [0.4, 0.5) is 4.39 Å². The van der Waals surface area contributed by atoms with Crippen molar-refractivity contribution in [2.24, 2.45) is 0 Å². The van der Waals surface area contributed by atoms with E-state index in [1.807, 2.05) is 4.98 Å². The minimum absolute atomic E-state index is 0.355. The minimum atomic E-state index is -2.28. The smallest absolute Gasteiger partial charge is 0.330 e. The first-order chi connectivity index (χ1) is 9.45. The maximum atomic E-state index is 14.0. The van der Waals surface area contributed by atoms with Crippen molar-refractivity contribution in [3.8, 4) is 0 Å². The number of H-pyrrole nitrogens is 1. The first kappa shape index (κ1) is 14.4. The number of aromatic amines is 1. The summed E-state index contributed by atoms with van der Waals surface area (Å²) in [6.07, 6.45) is -4.17. The summed E-state index contributed by atoms with van der Waals surface area (Å²) in [5.74, 6) is -2.28. The highest BCUT2D eigenvalue weighted by Crippen LogP contribution is 2.38. The van der Waals surface area contributed by atoms with Crippen molar-refractivity contribution in [2.75, 3.05) is 6.61 Å². The molecule has 0 radical (unpaired) electrons. The Bertz CT molecular complexity index is 616. The van der Waals surface area contributed by atoms with Gasteiger partial charge in [-0.3, -0.25) is 19.8 Å². The van der Waals surface area contributed by atoms with Crippen LogP contribution in [0.5, 0.6) is 0 Å². The van der Waals surface area contributed by atoms with Gasteiger partial charge in [0.1, 0.15) is 12.7 Å². The lowest BCUT2D eigenvalue weighted by Gasteiger charge is -2.26. The third kappa shape index (κ3) is 2.13. The number of hydrogen-bond donors (Lipinski definition) is 4. The predicted octanol–water partition coefficient (Wildman–Crippen LogP) is -1.92. The summed E-state index contributed by atoms with van der Waals surface area (Å²) in [5, 5.41) is 25.7. The first-order valence-electron chi connectivity index (χ1n) is 5.54. The van der Waals surface area contributed by atoms with Crippen LogP contribution < -0.4 is 11.2 Å². The second-order valence-electron chi connectivity index (χ2n) is 4.12. The Morgan fingerprint density at radius 3 is 2.90 bits per heavy atom. The maximum Gasteiger partial charge on any atom is 0.330 e. The molecule has 20 heavy (non-hydrogen) atoms. The van der Waals surface area contributed by atoms with Crippen molar-refractivity contribution in [1.29, 1.82) is 5.41 Å². The van der Waals surface area contributed by atoms with Gasteiger partial charge in [-0.1, -0.05) is 0 Å². The van der Waals surface area contributed by atoms with E-state index in [0.29, 0.717) is 6.40 Å². The molecule has 9 nitrogen and oxygen atoms in total. The molecule has 0 amide bonds. The normalized spacial score (nSPS) is 33.0. The molecule has 10 heteroatoms. The molecule has 110 valence electrons. The zero-order valence-corrected chi connectivity index (χ0v) is 10.0. The van der Waals surface area contributed by atoms with E-state index in [2.05, 4.69) is 4.74 Å². The molecular weight excluding hydrogens is 277 g/mol. The molecule has 2 heterocycles. The molecule has 0 unspecified atom stereocenters. The molecule has 1 aliphatic heterocycles. The van der Waals surface area contributed by atoms with E-state index in [1.54, 1.807) is 0 Å². The van der Waals surface area contributed by atoms with E-state index in [0.717, 1.165) is 16.8 Å². The number of alkyl halides is 1. The van der Waals surface area contributed by atoms with E-state index < -0.39 is 42.1 Å². The molecule has 1 aliphatic rings. The Morgan fingerprint density at radius 1 is 1.65 bits per heavy atom. The summed E-state index contributed by atoms with van der Waals surface area (Å²) in [4.78, 5) is 24.4. The number of aromatic nitrogens is 2. The highest BCUT2D eigenvalue weighted by atomic mass is 19.1. The van der Waals surface area contributed by atoms with Crippen LogP contribution in [0.25, 0.3) is 0 Å². The van der Waals surface area contributed by atoms with E-state index in [1.165, 1.54) is 0 Å². The first-order valence-corrected chi connectivity index (χ1v) is 5.54. The predicted molar refractivity (Wildman–Crippen MR) is 62.0 cm³/mol. The Balaban J connectivity index is 2.42. The average Bonchev–Trinajstić information content (AvgIpc) is 2.65. The highest BCUT2D eigenvalue weighted by Gasteiger charge is 2.58. The van der Waals surface area contributed by atoms with Gasteiger partial charge in [0, 0.05) is 12.3 Å². The molecule has 0 aliphatic carbocycles. The Kier molecular flexibility index (Phi) is 3.70. The van der Waals surface area contributed by atoms with Crippen LogP contribution in [0.1, 0.15) is 6.23 Å². The topological polar surface area (TPSA) is 138 Å². The summed E-state index contributed by atoms with van der Waals surface area (Å²) in [6, 6.07) is 0.987. The molecule has 0 aromatic carbocycles. The van der Waals surface area contributed by atoms with E-state index in [9.17, 15) is 19.1 Å². The maximum absolute atomic E-state index is 14.0. The van der Waals surface area contributed by atoms with Crippen molar-refractivity contribution >= 4 is 6.40 Å². The fourth-order valence-electron chi connectivity index (χ4n) is 1.95. The number of ether oxygens (including phenoxy) is 2. The lowest BCUT2D eigenvalue weighted by atomic mass is 10.1. The van der Waals surface area contributed by atoms with Crippen LogP contribution in [-0.2, 0) is 9.47 Å². The lowest BCUT2D eigenvalue weighted by molar-refractivity contribution is -0.232. The number of nitrogens with one attached hydrogen (secondary N) is 2. The molecule has 1 aromatic rings. The Labute approximate surface area is 110 Å². The number of rotatable bonds is 4. The molecule has 0 bridgehead atoms. The van der Waals surface area contributed by atoms with Gasteiger partial charge in [-0.05, 0) is 0 Å². The second-order valence-corrected chi connectivity index (χ2v) is 4.12. The van der Waals surface area contributed by atoms with Gasteiger partial charge in [-0.25, -0.2) is 9.18 Å². The number of aliphatic hydroxyl groups excluding tert-OH is 2. The molecule has 1 saturated heterocycles. The number of hydrogen-bond acceptors (Lipinski definition) is 7. The number of halogens is 1. The van der Waals surface area contributed by atoms with Gasteiger partial charge in [-0.2, -0.15) is 0 Å². The Morgan fingerprint density at radius 2 is 2.35 bits per heavy atom. The van der Waals surface area contributed by atoms with Gasteiger partial charge in [0.15, 0.2) is 18.8 Å². The van der Waals surface area contributed by atoms with Crippen LogP contribution in [0, 0.1) is 5.41 Å². The van der Waals surface area contributed by atoms with Gasteiger partial charge >= 0.3 is 5.69 Å². The lowest BCUT2D eigenvalue weighted by Crippen LogP contribution is -2.46. The van der Waals surface area contributed by atoms with Crippen LogP contribution in [0.2, 0.25) is 0 Å². The third-order valence-corrected chi connectivity index (χ3v) is 2.94. The van der Waals surface area contributed by atoms with Crippen LogP contribution in [0.15, 0.2) is 21.9 Å². The molecule has 2 rings (SSSR count). The van der Waals surface area contributed by atoms with E-state index >= 15 is 0 Å². The highest BCUT2D eigenvalue weighted by molar-refractivity contribution is 5.42. The monoisotopic (exact) mass is 289 g/mol. The van der Waals surface area contributed by atoms with Gasteiger partial charge < -0.3 is 19.7 Å². The zero-order chi connectivity index (χ0) is 14.9. The molecule has 4 atom stereocenters. The summed E-state index contributed by atoms with van der Waals surface area (Å²) in [7, 11) is 0. The molecule has 4 N–H and O–H groups in total. The van der Waals surface area contributed by atoms with Gasteiger partial charge in [0.05, 0.1) is 0 Å². The van der Waals surface area contributed by atoms with Crippen LogP contribution in [0.3, 0.4) is 0 Å². The standard InChI is InChI=1S/C10H12FN3O6/c11-7-6(17)8(20-10(7,3-15)19-4-12)14-2-1-5(16)13-9(14)18/h1-2,4,6-8,12,15,17H,3H2,(H,13,16,18)/t6-,7+,8-,10-/m1/s1. The fourth-order valence-corrected chi connectivity index (χ4v) is 1.95. The summed E-state index contributed by atoms with van der Waals surface area (Å²) in [6.45, 7) is -0.977. The summed E-state index contributed by atoms with van der Waals surface area (Å²) >= 11 is 0. The van der Waals surface area contributed by atoms with E-state index in [-0.39, 0.29) is 0 Å². The zero-order valence-electron chi connectivity index (χ0n) is 10.0. The quantitative estimate of drug-likeness (QED) is 0.376. The number of nitrogens with zero attached hydrogens (tertiary/aromatic N) is 1. The van der Waals surface area contributed by atoms with Gasteiger partial charge in [-0.15, -0.1) is 0 Å². The molecule has 0 saturated carbocycles. The molecule has 1 fully saturated rings. The summed E-state index contributed by atoms with van der Waals surface area (Å²) < 4.78 is 24.4. The largest absolute Gasteiger partial charge is 0.447 e. The van der Waals surface area contributed by atoms with Crippen molar-refractivity contribution < 1.29 is 24.1 Å². The van der Waals surface area contributed by atoms with Crippen molar-refractivity contribution in [3.63, 3.8) is 0 Å². The van der Waals surface area contributed by atoms with Gasteiger partial charge in [0.25, 0.3) is 11.3 Å². The van der Waals surface area contributed by atoms with Crippen molar-refractivity contribution in [2.45, 2.75) is 24.3 Å². The second kappa shape index (κ2) is 5.15. The van der Waals surface area contributed by atoms with Crippen LogP contribution >= 0.6 is 0 Å². The van der Waals surface area contributed by atoms with Gasteiger partial charge in [0.2, 0.25) is 0 Å². The SMILES string of the molecule is N=CO[C@]1(CO)O[C@@H](n2ccc(=O)[nH]c2=O)[C@H](O)[C@@H]1F. The number of aliphatic hydroxyl groups is 2. The van der Waals surface area contributed by atoms with Crippen molar-refractivity contribution in [1.82, 2.24) is 9.55 Å². The van der Waals surface area contributed by atoms with E-state index in [4.69, 9.17) is 15.3 Å². The molecule has 0 spiro atoms. The minimum Gasteiger partial charge on any atom is -0.447 e. The Hall–Kier alpha value is -2.04. The van der Waals surface area contributed by atoms with Crippen LogP contribution in [-0.4, -0.2) is 50.8 Å². The molecule has 1 aromatic heterocycles. The average molecular weight is 289 g/mol. The summed E-state index contributed by atoms with van der Waals surface area (Å²) in [5.41, 5.74) is -1.59. The third-order valence-electron chi connectivity index (χ3n) is 2.94. The van der Waals surface area contributed by atoms with Crippen molar-refractivity contribution in [3.05, 3.63) is 33.1 Å².